The molecule has 140 heavy (non-hydrogen) atoms. The Morgan fingerprint density at radius 2 is 0.657 bits per heavy atom. The summed E-state index contributed by atoms with van der Waals surface area (Å²) in [7, 11) is 0. The van der Waals surface area contributed by atoms with E-state index in [9.17, 15) is 0 Å². The summed E-state index contributed by atoms with van der Waals surface area (Å²) >= 11 is 0. The maximum Gasteiger partial charge on any atom is 0.121 e. The number of furan rings is 2. The fourth-order valence-electron chi connectivity index (χ4n) is 17.6. The molecule has 0 atom stereocenters. The Hall–Kier alpha value is -13.9. The van der Waals surface area contributed by atoms with Gasteiger partial charge in [0.15, 0.2) is 0 Å². The van der Waals surface area contributed by atoms with Crippen LogP contribution < -0.4 is 0 Å². The fraction of sp³-hybridized carbons (Fsp3) is 0.182. The van der Waals surface area contributed by atoms with E-state index in [2.05, 4.69) is 105 Å². The minimum atomic E-state index is -2.76. The maximum absolute atomic E-state index is 8.76. The first-order valence-corrected chi connectivity index (χ1v) is 45.3. The van der Waals surface area contributed by atoms with Crippen LogP contribution in [0.5, 0.6) is 0 Å². The number of pyridine rings is 4. The predicted octanol–water partition coefficient (Wildman–Crippen LogP) is 36.1. The third-order valence-electron chi connectivity index (χ3n) is 23.9. The topological polar surface area (TPSA) is 77.8 Å². The molecule has 0 unspecified atom stereocenters. The van der Waals surface area contributed by atoms with Crippen molar-refractivity contribution < 1.29 is 94.3 Å². The van der Waals surface area contributed by atoms with E-state index in [0.717, 1.165) is 75.8 Å². The van der Waals surface area contributed by atoms with Gasteiger partial charge in [-0.05, 0) is 285 Å². The van der Waals surface area contributed by atoms with Crippen LogP contribution in [-0.2, 0) is 59.3 Å². The molecular formula is C132H116Ir2N4O2-4. The summed E-state index contributed by atoms with van der Waals surface area (Å²) in [5, 5.41) is 11.9. The molecule has 0 aliphatic heterocycles. The zero-order chi connectivity index (χ0) is 124. The molecular weight excluding hydrogens is 2060 g/mol. The van der Waals surface area contributed by atoms with E-state index in [1.165, 1.54) is 97.5 Å². The van der Waals surface area contributed by atoms with Gasteiger partial charge in [-0.2, -0.15) is 0 Å². The second-order valence-electron chi connectivity index (χ2n) is 37.4. The van der Waals surface area contributed by atoms with E-state index in [4.69, 9.17) is 54.1 Å². The number of aromatic nitrogens is 4. The van der Waals surface area contributed by atoms with Crippen LogP contribution in [0.25, 0.3) is 199 Å². The van der Waals surface area contributed by atoms with E-state index in [1.54, 1.807) is 114 Å². The van der Waals surface area contributed by atoms with Gasteiger partial charge in [0.05, 0.1) is 11.2 Å². The number of rotatable bonds is 13. The fourth-order valence-corrected chi connectivity index (χ4v) is 17.6. The van der Waals surface area contributed by atoms with E-state index in [-0.39, 0.29) is 146 Å². The van der Waals surface area contributed by atoms with E-state index < -0.39 is 97.0 Å². The van der Waals surface area contributed by atoms with Gasteiger partial charge >= 0.3 is 0 Å². The van der Waals surface area contributed by atoms with E-state index in [0.29, 0.717) is 84.1 Å². The average molecular weight is 2210 g/mol. The van der Waals surface area contributed by atoms with Crippen molar-refractivity contribution in [1.29, 1.82) is 0 Å². The Balaban J connectivity index is 0.000000161. The molecule has 698 valence electrons. The van der Waals surface area contributed by atoms with E-state index in [1.807, 2.05) is 130 Å². The molecule has 22 aromatic rings. The average Bonchev–Trinajstić information content (AvgIpc) is 1.59. The first kappa shape index (κ1) is 64.3. The van der Waals surface area contributed by atoms with Gasteiger partial charge in [-0.1, -0.05) is 352 Å². The van der Waals surface area contributed by atoms with Crippen LogP contribution in [0.4, 0.5) is 0 Å². The van der Waals surface area contributed by atoms with Gasteiger partial charge in [0.25, 0.3) is 0 Å². The second-order valence-corrected chi connectivity index (χ2v) is 37.4. The summed E-state index contributed by atoms with van der Waals surface area (Å²) < 4.78 is 286. The molecule has 6 aromatic heterocycles. The molecule has 0 N–H and O–H groups in total. The third-order valence-corrected chi connectivity index (χ3v) is 23.9. The number of benzene rings is 16. The van der Waals surface area contributed by atoms with Crippen molar-refractivity contribution in [3.05, 3.63) is 431 Å². The normalized spacial score (nSPS) is 16.2. The Labute approximate surface area is 898 Å². The molecule has 6 heterocycles. The Morgan fingerprint density at radius 3 is 1.07 bits per heavy atom. The summed E-state index contributed by atoms with van der Waals surface area (Å²) in [6.45, 7) is -7.00. The Morgan fingerprint density at radius 1 is 0.264 bits per heavy atom. The van der Waals surface area contributed by atoms with Gasteiger partial charge in [0.1, 0.15) is 11.2 Å². The number of hydrogen-bond donors (Lipinski definition) is 0. The molecule has 0 bridgehead atoms. The van der Waals surface area contributed by atoms with Gasteiger partial charge in [0, 0.05) is 121 Å². The molecule has 0 aliphatic rings. The number of hydrogen-bond acceptors (Lipinski definition) is 6. The monoisotopic (exact) mass is 2210 g/mol. The Kier molecular flexibility index (Phi) is 18.8. The van der Waals surface area contributed by atoms with Crippen LogP contribution in [0, 0.1) is 102 Å². The van der Waals surface area contributed by atoms with Crippen LogP contribution in [-0.4, -0.2) is 19.9 Å². The molecule has 0 amide bonds. The predicted molar refractivity (Wildman–Crippen MR) is 583 cm³/mol. The van der Waals surface area contributed by atoms with Gasteiger partial charge < -0.3 is 28.8 Å². The van der Waals surface area contributed by atoms with Crippen molar-refractivity contribution in [3.8, 4) is 112 Å². The molecule has 8 heteroatoms. The zero-order valence-electron chi connectivity index (χ0n) is 111. The van der Waals surface area contributed by atoms with Crippen LogP contribution in [0.15, 0.2) is 349 Å². The maximum atomic E-state index is 8.76. The van der Waals surface area contributed by atoms with Crippen molar-refractivity contribution in [3.63, 3.8) is 0 Å². The number of nitrogens with zero attached hydrogens (tertiary/aromatic N) is 4. The quantitative estimate of drug-likeness (QED) is 0.0845. The summed E-state index contributed by atoms with van der Waals surface area (Å²) in [6, 6.07) is 105. The third kappa shape index (κ3) is 21.3. The molecule has 16 aromatic carbocycles. The van der Waals surface area contributed by atoms with Crippen molar-refractivity contribution in [2.24, 2.45) is 16.2 Å². The van der Waals surface area contributed by atoms with Gasteiger partial charge in [0.2, 0.25) is 0 Å². The second kappa shape index (κ2) is 40.9. The first-order chi connectivity index (χ1) is 79.6. The molecule has 22 rings (SSSR count). The van der Waals surface area contributed by atoms with Crippen molar-refractivity contribution in [2.75, 3.05) is 0 Å². The molecule has 0 saturated carbocycles. The summed E-state index contributed by atoms with van der Waals surface area (Å²) in [5.74, 6) is 0. The molecule has 0 fully saturated rings. The molecule has 0 aliphatic carbocycles. The minimum absolute atomic E-state index is 0. The summed E-state index contributed by atoms with van der Waals surface area (Å²) in [5.41, 5.74) is 8.75. The standard InChI is InChI=1S/2C45H38NO.C23H24N.C19H16N.2Ir/c2*1-27-20-30(25-45(4,5)6)14-18-34(27)32-17-19-35(28(2)21-32)39-23-42(46-26-29(39)3)38-13-9-12-37-41-22-33-16-15-31-10-7-8-11-36(31)40(33)24-43(41)47-44(37)38;1-17-10-12-20(14-21(17)19-8-6-5-7-9-19)22-13-11-18(16-24-22)15-23(2,3)4;1-14-8-11-19(20-13-14)17-10-9-15(2)18(12-17)16-6-4-3-5-7-16;;/h2*7-12,14-24,26H,25H2,1-6H3;5-11,13-14,16H,15H2,1-4H3;3-9,11-13H,1-2H3;;/q4*-1;;/i2*1D3,2D3,3D3,25D2;1D3,15D2;1D3,2D3;;. The largest absolute Gasteiger partial charge is 0.501 e. The molecule has 2 radical (unpaired) electrons. The van der Waals surface area contributed by atoms with Crippen molar-refractivity contribution in [2.45, 2.75) is 143 Å². The van der Waals surface area contributed by atoms with Crippen LogP contribution in [0.1, 0.15) is 174 Å². The van der Waals surface area contributed by atoms with Crippen LogP contribution in [0.2, 0.25) is 0 Å². The zero-order valence-corrected chi connectivity index (χ0v) is 82.9. The smallest absolute Gasteiger partial charge is 0.121 e. The molecule has 0 spiro atoms. The van der Waals surface area contributed by atoms with Crippen molar-refractivity contribution >= 4 is 87.0 Å². The number of aryl methyl sites for hydroxylation is 9. The van der Waals surface area contributed by atoms with Crippen LogP contribution >= 0.6 is 0 Å². The SMILES string of the molecule is [2H]C([2H])([2H])c1c[c-]c(-c2ccc(C([2H])([2H])C(C)(C)C)cn2)cc1-c1ccccc1.[2H]C([2H])([2H])c1cc(C([2H])([2H])C(C)(C)C)ccc1-c1ccc(-c2cc(-c3[c-]ccc4c3oc3cc5c(ccc6ccccc65)cc34)ncc2C([2H])([2H])[2H])c(C([2H])([2H])[2H])c1.[2H]C([2H])([2H])c1cc(C([2H])([2H])C(C)(C)C)ccc1-c1ccc(-c2cc(-c3[c-]ccc4c3oc3cc5c(ccc6ccccc65)cc34)ncc2C([2H])([2H])[2H])c(C([2H])([2H])[2H])c1.[2H]C([2H])([2H])c1ccc(-c2[c-]cc(C([2H])([2H])[2H])c(-c3ccccc3)c2)nc1.[Ir].[Ir]. The Bertz CT molecular complexity index is 9440. The molecule has 6 nitrogen and oxygen atoms in total. The van der Waals surface area contributed by atoms with Gasteiger partial charge in [-0.25, -0.2) is 0 Å². The van der Waals surface area contributed by atoms with Gasteiger partial charge in [-0.15, -0.1) is 95.1 Å². The summed E-state index contributed by atoms with van der Waals surface area (Å²) in [6.07, 6.45) is 0.0552. The van der Waals surface area contributed by atoms with Crippen molar-refractivity contribution in [1.82, 2.24) is 19.9 Å². The molecule has 0 saturated heterocycles. The van der Waals surface area contributed by atoms with E-state index >= 15 is 0 Å². The number of fused-ring (bicyclic) bond motifs is 12. The first-order valence-electron chi connectivity index (χ1n) is 61.8. The summed E-state index contributed by atoms with van der Waals surface area (Å²) in [4.78, 5) is 17.8. The minimum Gasteiger partial charge on any atom is -0.501 e. The van der Waals surface area contributed by atoms with Crippen LogP contribution in [0.3, 0.4) is 0 Å². The van der Waals surface area contributed by atoms with Gasteiger partial charge in [-0.3, -0.25) is 0 Å².